The summed E-state index contributed by atoms with van der Waals surface area (Å²) in [5.74, 6) is 0.855. The van der Waals surface area contributed by atoms with Gasteiger partial charge in [-0.2, -0.15) is 0 Å². The van der Waals surface area contributed by atoms with Gasteiger partial charge >= 0.3 is 6.03 Å². The number of benzene rings is 1. The van der Waals surface area contributed by atoms with Crippen LogP contribution in [-0.2, 0) is 17.3 Å². The van der Waals surface area contributed by atoms with E-state index in [9.17, 15) is 14.1 Å². The van der Waals surface area contributed by atoms with Gasteiger partial charge in [0.15, 0.2) is 0 Å². The van der Waals surface area contributed by atoms with Crippen LogP contribution in [0, 0.1) is 0 Å². The van der Waals surface area contributed by atoms with E-state index in [1.54, 1.807) is 36.2 Å². The van der Waals surface area contributed by atoms with Gasteiger partial charge < -0.3 is 15.3 Å². The molecule has 128 valence electrons. The quantitative estimate of drug-likeness (QED) is 0.867. The van der Waals surface area contributed by atoms with Crippen molar-refractivity contribution in [3.63, 3.8) is 0 Å². The molecular weight excluding hydrogens is 312 g/mol. The minimum absolute atomic E-state index is 0.000647. The second kappa shape index (κ2) is 8.34. The highest BCUT2D eigenvalue weighted by Gasteiger charge is 2.30. The third-order valence-corrected chi connectivity index (χ3v) is 6.15. The Kier molecular flexibility index (Phi) is 6.45. The molecule has 0 radical (unpaired) electrons. The van der Waals surface area contributed by atoms with Crippen LogP contribution in [0.2, 0.25) is 0 Å². The summed E-state index contributed by atoms with van der Waals surface area (Å²) in [5.41, 5.74) is 0.956. The van der Waals surface area contributed by atoms with Crippen molar-refractivity contribution in [2.24, 2.45) is 0 Å². The Labute approximate surface area is 140 Å². The summed E-state index contributed by atoms with van der Waals surface area (Å²) < 4.78 is 12.2. The van der Waals surface area contributed by atoms with E-state index >= 15 is 0 Å². The Morgan fingerprint density at radius 3 is 2.61 bits per heavy atom. The van der Waals surface area contributed by atoms with Gasteiger partial charge in [-0.3, -0.25) is 4.21 Å². The Morgan fingerprint density at radius 2 is 1.96 bits per heavy atom. The lowest BCUT2D eigenvalue weighted by atomic mass is 9.95. The maximum atomic E-state index is 12.4. The van der Waals surface area contributed by atoms with Crippen LogP contribution in [-0.4, -0.2) is 44.3 Å². The molecule has 0 aliphatic heterocycles. The minimum atomic E-state index is -0.875. The van der Waals surface area contributed by atoms with Crippen molar-refractivity contribution in [3.05, 3.63) is 29.8 Å². The molecule has 0 bridgehead atoms. The second-order valence-corrected chi connectivity index (χ2v) is 8.02. The van der Waals surface area contributed by atoms with Gasteiger partial charge in [-0.05, 0) is 30.5 Å². The van der Waals surface area contributed by atoms with Gasteiger partial charge in [-0.1, -0.05) is 31.9 Å². The largest absolute Gasteiger partial charge is 0.508 e. The molecule has 0 saturated heterocycles. The first-order chi connectivity index (χ1) is 11.0. The van der Waals surface area contributed by atoms with Crippen molar-refractivity contribution >= 4 is 16.8 Å². The lowest BCUT2D eigenvalue weighted by Crippen LogP contribution is -2.50. The van der Waals surface area contributed by atoms with Gasteiger partial charge in [0.2, 0.25) is 0 Å². The monoisotopic (exact) mass is 338 g/mol. The number of nitrogens with one attached hydrogen (secondary N) is 1. The smallest absolute Gasteiger partial charge is 0.317 e. The van der Waals surface area contributed by atoms with Gasteiger partial charge in [0.1, 0.15) is 5.75 Å². The number of carbonyl (C=O) groups excluding carboxylic acids is 1. The first kappa shape index (κ1) is 17.8. The molecule has 5 nitrogen and oxygen atoms in total. The molecule has 0 unspecified atom stereocenters. The third kappa shape index (κ3) is 4.96. The minimum Gasteiger partial charge on any atom is -0.508 e. The highest BCUT2D eigenvalue weighted by molar-refractivity contribution is 7.85. The Balaban J connectivity index is 1.93. The van der Waals surface area contributed by atoms with E-state index in [0.717, 1.165) is 31.2 Å². The SMILES string of the molecule is CC[S@](=O)[C@H]1CCCC[C@H]1NC(=O)N(C)Cc1ccc(O)cc1. The molecular formula is C17H26N2O3S. The van der Waals surface area contributed by atoms with Gasteiger partial charge in [0.05, 0.1) is 5.25 Å². The summed E-state index contributed by atoms with van der Waals surface area (Å²) in [6.07, 6.45) is 3.98. The molecule has 2 rings (SSSR count). The van der Waals surface area contributed by atoms with Crippen LogP contribution in [0.3, 0.4) is 0 Å². The number of carbonyl (C=O) groups is 1. The van der Waals surface area contributed by atoms with Crippen LogP contribution in [0.4, 0.5) is 4.79 Å². The summed E-state index contributed by atoms with van der Waals surface area (Å²) in [6.45, 7) is 2.40. The number of hydrogen-bond acceptors (Lipinski definition) is 3. The molecule has 0 aromatic heterocycles. The Bertz CT molecular complexity index is 547. The summed E-state index contributed by atoms with van der Waals surface area (Å²) in [4.78, 5) is 14.0. The lowest BCUT2D eigenvalue weighted by molar-refractivity contribution is 0.199. The van der Waals surface area contributed by atoms with Crippen LogP contribution < -0.4 is 5.32 Å². The molecule has 2 amide bonds. The maximum Gasteiger partial charge on any atom is 0.317 e. The molecule has 1 aliphatic rings. The van der Waals surface area contributed by atoms with E-state index in [-0.39, 0.29) is 23.1 Å². The molecule has 1 aliphatic carbocycles. The average molecular weight is 338 g/mol. The van der Waals surface area contributed by atoms with E-state index in [1.165, 1.54) is 0 Å². The highest BCUT2D eigenvalue weighted by Crippen LogP contribution is 2.23. The van der Waals surface area contributed by atoms with Crippen LogP contribution in [0.15, 0.2) is 24.3 Å². The number of nitrogens with zero attached hydrogens (tertiary/aromatic N) is 1. The molecule has 1 fully saturated rings. The summed E-state index contributed by atoms with van der Waals surface area (Å²) in [7, 11) is 0.872. The lowest BCUT2D eigenvalue weighted by Gasteiger charge is -2.32. The van der Waals surface area contributed by atoms with Crippen molar-refractivity contribution in [2.45, 2.75) is 50.4 Å². The van der Waals surface area contributed by atoms with E-state index < -0.39 is 10.8 Å². The molecule has 0 heterocycles. The van der Waals surface area contributed by atoms with E-state index in [4.69, 9.17) is 0 Å². The van der Waals surface area contributed by atoms with Gasteiger partial charge in [0, 0.05) is 36.2 Å². The number of rotatable bonds is 5. The fraction of sp³-hybridized carbons (Fsp3) is 0.588. The molecule has 6 heteroatoms. The highest BCUT2D eigenvalue weighted by atomic mass is 32.2. The van der Waals surface area contributed by atoms with Crippen LogP contribution in [0.1, 0.15) is 38.2 Å². The number of aromatic hydroxyl groups is 1. The summed E-state index contributed by atoms with van der Waals surface area (Å²) in [6, 6.07) is 6.69. The molecule has 1 saturated carbocycles. The molecule has 1 aromatic carbocycles. The predicted octanol–water partition coefficient (Wildman–Crippen LogP) is 2.61. The summed E-state index contributed by atoms with van der Waals surface area (Å²) >= 11 is 0. The first-order valence-electron chi connectivity index (χ1n) is 8.18. The molecule has 1 aromatic rings. The van der Waals surface area contributed by atoms with Crippen LogP contribution in [0.25, 0.3) is 0 Å². The maximum absolute atomic E-state index is 12.4. The number of urea groups is 1. The molecule has 3 atom stereocenters. The normalized spacial score (nSPS) is 22.3. The van der Waals surface area contributed by atoms with E-state index in [0.29, 0.717) is 12.3 Å². The first-order valence-corrected chi connectivity index (χ1v) is 9.56. The number of phenolic OH excluding ortho intramolecular Hbond substituents is 1. The number of amides is 2. The zero-order valence-electron chi connectivity index (χ0n) is 13.8. The van der Waals surface area contributed by atoms with Crippen molar-refractivity contribution in [2.75, 3.05) is 12.8 Å². The average Bonchev–Trinajstić information content (AvgIpc) is 2.56. The van der Waals surface area contributed by atoms with Gasteiger partial charge in [-0.15, -0.1) is 0 Å². The van der Waals surface area contributed by atoms with E-state index in [1.807, 2.05) is 6.92 Å². The topological polar surface area (TPSA) is 69.6 Å². The number of phenols is 1. The Hall–Kier alpha value is -1.56. The van der Waals surface area contributed by atoms with Crippen LogP contribution in [0.5, 0.6) is 5.75 Å². The third-order valence-electron chi connectivity index (χ3n) is 4.34. The molecule has 0 spiro atoms. The van der Waals surface area contributed by atoms with E-state index in [2.05, 4.69) is 5.32 Å². The predicted molar refractivity (Wildman–Crippen MR) is 92.8 cm³/mol. The van der Waals surface area contributed by atoms with Crippen molar-refractivity contribution < 1.29 is 14.1 Å². The zero-order chi connectivity index (χ0) is 16.8. The van der Waals surface area contributed by atoms with Gasteiger partial charge in [0.25, 0.3) is 0 Å². The zero-order valence-corrected chi connectivity index (χ0v) is 14.6. The Morgan fingerprint density at radius 1 is 1.30 bits per heavy atom. The van der Waals surface area contributed by atoms with Gasteiger partial charge in [-0.25, -0.2) is 4.79 Å². The van der Waals surface area contributed by atoms with Crippen molar-refractivity contribution in [1.82, 2.24) is 10.2 Å². The number of hydrogen-bond donors (Lipinski definition) is 2. The second-order valence-electron chi connectivity index (χ2n) is 6.07. The summed E-state index contributed by atoms with van der Waals surface area (Å²) in [5, 5.41) is 12.4. The fourth-order valence-corrected chi connectivity index (χ4v) is 4.43. The van der Waals surface area contributed by atoms with Crippen molar-refractivity contribution in [3.8, 4) is 5.75 Å². The van der Waals surface area contributed by atoms with Crippen LogP contribution >= 0.6 is 0 Å². The fourth-order valence-electron chi connectivity index (χ4n) is 3.01. The van der Waals surface area contributed by atoms with Crippen molar-refractivity contribution in [1.29, 1.82) is 0 Å². The standard InChI is InChI=1S/C17H26N2O3S/c1-3-23(22)16-7-5-4-6-15(16)18-17(21)19(2)12-13-8-10-14(20)11-9-13/h8-11,15-16,20H,3-7,12H2,1-2H3,(H,18,21)/t15-,16+,23+/m1/s1. The molecule has 2 N–H and O–H groups in total. The molecule has 23 heavy (non-hydrogen) atoms.